The summed E-state index contributed by atoms with van der Waals surface area (Å²) in [4.78, 5) is 22.5. The lowest BCUT2D eigenvalue weighted by molar-refractivity contribution is -0.119. The largest absolute Gasteiger partial charge is 0.383 e. The van der Waals surface area contributed by atoms with Gasteiger partial charge in [0.15, 0.2) is 0 Å². The monoisotopic (exact) mass is 309 g/mol. The molecule has 2 rings (SSSR count). The minimum absolute atomic E-state index is 0.100. The molecule has 2 aromatic heterocycles. The number of rotatable bonds is 7. The lowest BCUT2D eigenvalue weighted by Gasteiger charge is -2.09. The Bertz CT molecular complexity index is 628. The van der Waals surface area contributed by atoms with Crippen molar-refractivity contribution in [3.05, 3.63) is 10.9 Å². The third-order valence-electron chi connectivity index (χ3n) is 2.78. The van der Waals surface area contributed by atoms with Gasteiger partial charge in [0.2, 0.25) is 11.9 Å². The van der Waals surface area contributed by atoms with Crippen molar-refractivity contribution in [1.82, 2.24) is 15.3 Å². The molecule has 0 unspecified atom stereocenters. The molecule has 0 saturated heterocycles. The SMILES string of the molecule is CNc1nc(NCC(=O)NCCOC)c2cc(C)sc2n1. The molecule has 0 bridgehead atoms. The first-order valence-corrected chi connectivity index (χ1v) is 7.41. The lowest BCUT2D eigenvalue weighted by atomic mass is 10.3. The highest BCUT2D eigenvalue weighted by molar-refractivity contribution is 7.18. The van der Waals surface area contributed by atoms with E-state index < -0.39 is 0 Å². The zero-order chi connectivity index (χ0) is 15.2. The molecule has 0 radical (unpaired) electrons. The topological polar surface area (TPSA) is 88.2 Å². The second-order valence-electron chi connectivity index (χ2n) is 4.42. The standard InChI is InChI=1S/C13H19N5O2S/c1-8-6-9-11(16-7-10(19)15-4-5-20-3)17-13(14-2)18-12(9)21-8/h6H,4-5,7H2,1-3H3,(H,15,19)(H2,14,16,17,18). The van der Waals surface area contributed by atoms with E-state index in [1.165, 1.54) is 0 Å². The summed E-state index contributed by atoms with van der Waals surface area (Å²) in [5.74, 6) is 1.10. The number of hydrogen-bond acceptors (Lipinski definition) is 7. The summed E-state index contributed by atoms with van der Waals surface area (Å²) in [7, 11) is 3.36. The summed E-state index contributed by atoms with van der Waals surface area (Å²) in [6, 6.07) is 2.02. The molecule has 0 aromatic carbocycles. The van der Waals surface area contributed by atoms with Crippen molar-refractivity contribution in [1.29, 1.82) is 0 Å². The van der Waals surface area contributed by atoms with Crippen molar-refractivity contribution in [3.63, 3.8) is 0 Å². The van der Waals surface area contributed by atoms with Crippen LogP contribution in [0.3, 0.4) is 0 Å². The van der Waals surface area contributed by atoms with Gasteiger partial charge in [-0.25, -0.2) is 4.98 Å². The first-order chi connectivity index (χ1) is 10.1. The average molecular weight is 309 g/mol. The molecule has 0 aliphatic rings. The van der Waals surface area contributed by atoms with E-state index in [-0.39, 0.29) is 12.5 Å². The molecule has 2 aromatic rings. The molecule has 21 heavy (non-hydrogen) atoms. The first kappa shape index (κ1) is 15.5. The van der Waals surface area contributed by atoms with Crippen LogP contribution in [0.5, 0.6) is 0 Å². The molecule has 114 valence electrons. The number of nitrogens with one attached hydrogen (secondary N) is 3. The fraction of sp³-hybridized carbons (Fsp3) is 0.462. The Morgan fingerprint density at radius 2 is 2.24 bits per heavy atom. The number of hydrogen-bond donors (Lipinski definition) is 3. The van der Waals surface area contributed by atoms with Crippen LogP contribution in [0.1, 0.15) is 4.88 Å². The minimum Gasteiger partial charge on any atom is -0.383 e. The van der Waals surface area contributed by atoms with Crippen molar-refractivity contribution < 1.29 is 9.53 Å². The minimum atomic E-state index is -0.100. The van der Waals surface area contributed by atoms with Crippen molar-refractivity contribution in [2.75, 3.05) is 44.5 Å². The summed E-state index contributed by atoms with van der Waals surface area (Å²) in [6.07, 6.45) is 0. The molecule has 0 fully saturated rings. The maximum atomic E-state index is 11.7. The number of carbonyl (C=O) groups is 1. The lowest BCUT2D eigenvalue weighted by Crippen LogP contribution is -2.32. The van der Waals surface area contributed by atoms with E-state index in [9.17, 15) is 4.79 Å². The first-order valence-electron chi connectivity index (χ1n) is 6.59. The van der Waals surface area contributed by atoms with Gasteiger partial charge < -0.3 is 20.7 Å². The van der Waals surface area contributed by atoms with Gasteiger partial charge in [-0.3, -0.25) is 4.79 Å². The van der Waals surface area contributed by atoms with Crippen LogP contribution in [0, 0.1) is 6.92 Å². The Kier molecular flexibility index (Phi) is 5.29. The molecular weight excluding hydrogens is 290 g/mol. The normalized spacial score (nSPS) is 10.6. The molecule has 8 heteroatoms. The van der Waals surface area contributed by atoms with Crippen LogP contribution in [-0.4, -0.2) is 49.7 Å². The molecule has 3 N–H and O–H groups in total. The number of fused-ring (bicyclic) bond motifs is 1. The molecule has 0 saturated carbocycles. The summed E-state index contributed by atoms with van der Waals surface area (Å²) in [5.41, 5.74) is 0. The van der Waals surface area contributed by atoms with Crippen LogP contribution >= 0.6 is 11.3 Å². The van der Waals surface area contributed by atoms with Gasteiger partial charge in [-0.05, 0) is 13.0 Å². The van der Waals surface area contributed by atoms with Crippen LogP contribution in [0.4, 0.5) is 11.8 Å². The van der Waals surface area contributed by atoms with Gasteiger partial charge in [0.1, 0.15) is 10.6 Å². The van der Waals surface area contributed by atoms with E-state index in [4.69, 9.17) is 4.74 Å². The Morgan fingerprint density at radius 3 is 2.95 bits per heavy atom. The highest BCUT2D eigenvalue weighted by Gasteiger charge is 2.11. The number of ether oxygens (including phenoxy) is 1. The molecule has 0 aliphatic heterocycles. The molecule has 2 heterocycles. The molecule has 0 spiro atoms. The predicted octanol–water partition coefficient (Wildman–Crippen LogP) is 1.22. The zero-order valence-corrected chi connectivity index (χ0v) is 13.1. The number of aromatic nitrogens is 2. The number of thiophene rings is 1. The summed E-state index contributed by atoms with van der Waals surface area (Å²) < 4.78 is 4.88. The van der Waals surface area contributed by atoms with Crippen molar-refractivity contribution in [2.24, 2.45) is 0 Å². The fourth-order valence-electron chi connectivity index (χ4n) is 1.81. The summed E-state index contributed by atoms with van der Waals surface area (Å²) >= 11 is 1.60. The van der Waals surface area contributed by atoms with Crippen molar-refractivity contribution >= 4 is 39.2 Å². The molecule has 0 atom stereocenters. The van der Waals surface area contributed by atoms with E-state index in [2.05, 4.69) is 25.9 Å². The quantitative estimate of drug-likeness (QED) is 0.667. The van der Waals surface area contributed by atoms with Gasteiger partial charge in [-0.2, -0.15) is 4.98 Å². The number of nitrogens with zero attached hydrogens (tertiary/aromatic N) is 2. The van der Waals surface area contributed by atoms with Gasteiger partial charge >= 0.3 is 0 Å². The molecule has 0 aliphatic carbocycles. The number of carbonyl (C=O) groups excluding carboxylic acids is 1. The Balaban J connectivity index is 2.08. The summed E-state index contributed by atoms with van der Waals surface area (Å²) in [6.45, 7) is 3.17. The maximum absolute atomic E-state index is 11.7. The molecular formula is C13H19N5O2S. The van der Waals surface area contributed by atoms with Gasteiger partial charge in [-0.1, -0.05) is 0 Å². The van der Waals surface area contributed by atoms with Gasteiger partial charge in [-0.15, -0.1) is 11.3 Å². The van der Waals surface area contributed by atoms with E-state index in [1.807, 2.05) is 13.0 Å². The van der Waals surface area contributed by atoms with Crippen LogP contribution in [-0.2, 0) is 9.53 Å². The smallest absolute Gasteiger partial charge is 0.239 e. The van der Waals surface area contributed by atoms with E-state index >= 15 is 0 Å². The number of methoxy groups -OCH3 is 1. The predicted molar refractivity (Wildman–Crippen MR) is 85.1 cm³/mol. The highest BCUT2D eigenvalue weighted by Crippen LogP contribution is 2.29. The van der Waals surface area contributed by atoms with Gasteiger partial charge in [0, 0.05) is 25.6 Å². The van der Waals surface area contributed by atoms with Crippen molar-refractivity contribution in [3.8, 4) is 0 Å². The zero-order valence-electron chi connectivity index (χ0n) is 12.3. The van der Waals surface area contributed by atoms with Crippen molar-refractivity contribution in [2.45, 2.75) is 6.92 Å². The van der Waals surface area contributed by atoms with Gasteiger partial charge in [0.25, 0.3) is 0 Å². The second-order valence-corrected chi connectivity index (χ2v) is 5.65. The van der Waals surface area contributed by atoms with Crippen LogP contribution < -0.4 is 16.0 Å². The van der Waals surface area contributed by atoms with E-state index in [0.29, 0.717) is 24.9 Å². The maximum Gasteiger partial charge on any atom is 0.239 e. The average Bonchev–Trinajstić information content (AvgIpc) is 2.85. The third-order valence-corrected chi connectivity index (χ3v) is 3.73. The Labute approximate surface area is 127 Å². The Morgan fingerprint density at radius 1 is 1.43 bits per heavy atom. The third kappa shape index (κ3) is 4.02. The fourth-order valence-corrected chi connectivity index (χ4v) is 2.69. The van der Waals surface area contributed by atoms with Crippen LogP contribution in [0.15, 0.2) is 6.07 Å². The van der Waals surface area contributed by atoms with E-state index in [0.717, 1.165) is 15.1 Å². The van der Waals surface area contributed by atoms with Crippen LogP contribution in [0.2, 0.25) is 0 Å². The molecule has 1 amide bonds. The number of amides is 1. The summed E-state index contributed by atoms with van der Waals surface area (Å²) in [5, 5.41) is 9.68. The molecule has 7 nitrogen and oxygen atoms in total. The van der Waals surface area contributed by atoms with Gasteiger partial charge in [0.05, 0.1) is 18.5 Å². The second kappa shape index (κ2) is 7.19. The highest BCUT2D eigenvalue weighted by atomic mass is 32.1. The van der Waals surface area contributed by atoms with Crippen LogP contribution in [0.25, 0.3) is 10.2 Å². The van der Waals surface area contributed by atoms with E-state index in [1.54, 1.807) is 25.5 Å². The Hall–Kier alpha value is -1.93. The number of anilines is 2. The number of aryl methyl sites for hydroxylation is 1.